The van der Waals surface area contributed by atoms with Crippen LogP contribution in [0.25, 0.3) is 0 Å². The molecule has 4 nitrogen and oxygen atoms in total. The highest BCUT2D eigenvalue weighted by atomic mass is 35.5. The molecule has 0 radical (unpaired) electrons. The summed E-state index contributed by atoms with van der Waals surface area (Å²) in [5.74, 6) is -0.463. The van der Waals surface area contributed by atoms with Crippen molar-refractivity contribution in [2.24, 2.45) is 5.73 Å². The Morgan fingerprint density at radius 1 is 1.35 bits per heavy atom. The normalized spacial score (nSPS) is 12.9. The molecule has 1 atom stereocenters. The average molecular weight is 283 g/mol. The van der Waals surface area contributed by atoms with Gasteiger partial charge in [-0.2, -0.15) is 0 Å². The molecule has 0 aliphatic carbocycles. The first-order chi connectivity index (χ1) is 7.42. The lowest BCUT2D eigenvalue weighted by Gasteiger charge is -2.08. The third-order valence-corrected chi connectivity index (χ3v) is 3.49. The molecule has 1 aromatic carbocycles. The summed E-state index contributed by atoms with van der Waals surface area (Å²) < 4.78 is 38.3. The predicted octanol–water partition coefficient (Wildman–Crippen LogP) is 1.26. The summed E-state index contributed by atoms with van der Waals surface area (Å²) in [6.45, 7) is 2.07. The summed E-state index contributed by atoms with van der Waals surface area (Å²) in [6.07, 6.45) is 0.556. The van der Waals surface area contributed by atoms with E-state index in [2.05, 4.69) is 4.72 Å². The Morgan fingerprint density at radius 2 is 1.88 bits per heavy atom. The first-order valence-corrected chi connectivity index (χ1v) is 6.41. The van der Waals surface area contributed by atoms with Crippen LogP contribution in [0.3, 0.4) is 0 Å². The summed E-state index contributed by atoms with van der Waals surface area (Å²) in [6, 6.07) is 4.61. The summed E-state index contributed by atoms with van der Waals surface area (Å²) >= 11 is 0. The molecule has 0 bridgehead atoms. The van der Waals surface area contributed by atoms with E-state index in [0.29, 0.717) is 6.42 Å². The van der Waals surface area contributed by atoms with Crippen molar-refractivity contribution in [1.29, 1.82) is 0 Å². The third-order valence-electron chi connectivity index (χ3n) is 2.02. The lowest BCUT2D eigenvalue weighted by atomic mass is 10.3. The predicted molar refractivity (Wildman–Crippen MR) is 67.1 cm³/mol. The van der Waals surface area contributed by atoms with Crippen LogP contribution in [0, 0.1) is 5.82 Å². The molecular weight excluding hydrogens is 267 g/mol. The molecule has 1 aromatic rings. The first-order valence-electron chi connectivity index (χ1n) is 4.92. The minimum atomic E-state index is -3.54. The van der Waals surface area contributed by atoms with E-state index in [1.54, 1.807) is 6.92 Å². The van der Waals surface area contributed by atoms with Crippen molar-refractivity contribution >= 4 is 22.4 Å². The minimum absolute atomic E-state index is 0. The number of nitrogens with one attached hydrogen (secondary N) is 1. The van der Waals surface area contributed by atoms with Gasteiger partial charge in [0, 0.05) is 12.6 Å². The van der Waals surface area contributed by atoms with Crippen molar-refractivity contribution in [3.63, 3.8) is 0 Å². The number of hydrogen-bond donors (Lipinski definition) is 2. The van der Waals surface area contributed by atoms with E-state index in [-0.39, 0.29) is 29.9 Å². The third kappa shape index (κ3) is 5.45. The van der Waals surface area contributed by atoms with E-state index in [0.717, 1.165) is 12.1 Å². The molecule has 0 aromatic heterocycles. The van der Waals surface area contributed by atoms with Crippen LogP contribution in [-0.2, 0) is 10.0 Å². The molecule has 0 aliphatic rings. The maximum atomic E-state index is 12.6. The number of benzene rings is 1. The largest absolute Gasteiger partial charge is 0.328 e. The number of sulfonamides is 1. The van der Waals surface area contributed by atoms with Crippen LogP contribution >= 0.6 is 12.4 Å². The van der Waals surface area contributed by atoms with Gasteiger partial charge in [0.15, 0.2) is 0 Å². The Bertz CT molecular complexity index is 434. The quantitative estimate of drug-likeness (QED) is 0.854. The average Bonchev–Trinajstić information content (AvgIpc) is 2.17. The standard InChI is InChI=1S/C10H15FN2O2S.ClH/c1-8(12)6-7-13-16(14,15)10-4-2-9(11)3-5-10;/h2-5,8,13H,6-7,12H2,1H3;1H. The SMILES string of the molecule is CC(N)CCNS(=O)(=O)c1ccc(F)cc1.Cl. The maximum Gasteiger partial charge on any atom is 0.240 e. The fourth-order valence-corrected chi connectivity index (χ4v) is 2.17. The van der Waals surface area contributed by atoms with E-state index < -0.39 is 15.8 Å². The van der Waals surface area contributed by atoms with Crippen LogP contribution in [0.5, 0.6) is 0 Å². The highest BCUT2D eigenvalue weighted by Crippen LogP contribution is 2.09. The topological polar surface area (TPSA) is 72.2 Å². The van der Waals surface area contributed by atoms with Crippen molar-refractivity contribution < 1.29 is 12.8 Å². The van der Waals surface area contributed by atoms with E-state index >= 15 is 0 Å². The molecule has 98 valence electrons. The Morgan fingerprint density at radius 3 is 2.35 bits per heavy atom. The zero-order chi connectivity index (χ0) is 12.2. The molecule has 0 fully saturated rings. The molecule has 0 saturated carbocycles. The summed E-state index contributed by atoms with van der Waals surface area (Å²) in [7, 11) is -3.54. The number of nitrogens with two attached hydrogens (primary N) is 1. The van der Waals surface area contributed by atoms with E-state index in [1.807, 2.05) is 0 Å². The highest BCUT2D eigenvalue weighted by molar-refractivity contribution is 7.89. The number of hydrogen-bond acceptors (Lipinski definition) is 3. The summed E-state index contributed by atoms with van der Waals surface area (Å²) in [5.41, 5.74) is 5.50. The van der Waals surface area contributed by atoms with Gasteiger partial charge in [-0.05, 0) is 37.6 Å². The van der Waals surface area contributed by atoms with E-state index in [1.165, 1.54) is 12.1 Å². The zero-order valence-corrected chi connectivity index (χ0v) is 11.0. The van der Waals surface area contributed by atoms with Crippen LogP contribution in [0.2, 0.25) is 0 Å². The monoisotopic (exact) mass is 282 g/mol. The van der Waals surface area contributed by atoms with E-state index in [4.69, 9.17) is 5.73 Å². The van der Waals surface area contributed by atoms with Gasteiger partial charge in [-0.25, -0.2) is 17.5 Å². The fraction of sp³-hybridized carbons (Fsp3) is 0.400. The molecular formula is C10H16ClFN2O2S. The van der Waals surface area contributed by atoms with Gasteiger partial charge < -0.3 is 5.73 Å². The molecule has 1 rings (SSSR count). The van der Waals surface area contributed by atoms with Gasteiger partial charge in [-0.1, -0.05) is 0 Å². The fourth-order valence-electron chi connectivity index (χ4n) is 1.12. The number of rotatable bonds is 5. The van der Waals surface area contributed by atoms with Gasteiger partial charge in [0.2, 0.25) is 10.0 Å². The second-order valence-electron chi connectivity index (χ2n) is 3.62. The molecule has 0 saturated heterocycles. The molecule has 3 N–H and O–H groups in total. The lowest BCUT2D eigenvalue weighted by molar-refractivity contribution is 0.571. The van der Waals surface area contributed by atoms with Crippen molar-refractivity contribution in [2.45, 2.75) is 24.3 Å². The van der Waals surface area contributed by atoms with Crippen LogP contribution in [0.4, 0.5) is 4.39 Å². The highest BCUT2D eigenvalue weighted by Gasteiger charge is 2.13. The van der Waals surface area contributed by atoms with Gasteiger partial charge >= 0.3 is 0 Å². The lowest BCUT2D eigenvalue weighted by Crippen LogP contribution is -2.29. The van der Waals surface area contributed by atoms with Crippen LogP contribution in [0.1, 0.15) is 13.3 Å². The molecule has 17 heavy (non-hydrogen) atoms. The van der Waals surface area contributed by atoms with Gasteiger partial charge in [0.1, 0.15) is 5.82 Å². The van der Waals surface area contributed by atoms with Crippen molar-refractivity contribution in [3.8, 4) is 0 Å². The summed E-state index contributed by atoms with van der Waals surface area (Å²) in [4.78, 5) is 0.0542. The smallest absolute Gasteiger partial charge is 0.240 e. The van der Waals surface area contributed by atoms with Crippen LogP contribution < -0.4 is 10.5 Å². The van der Waals surface area contributed by atoms with Gasteiger partial charge in [0.25, 0.3) is 0 Å². The maximum absolute atomic E-state index is 12.6. The van der Waals surface area contributed by atoms with Crippen molar-refractivity contribution in [3.05, 3.63) is 30.1 Å². The molecule has 0 aliphatic heterocycles. The molecule has 7 heteroatoms. The van der Waals surface area contributed by atoms with Gasteiger partial charge in [-0.3, -0.25) is 0 Å². The first kappa shape index (κ1) is 16.3. The minimum Gasteiger partial charge on any atom is -0.328 e. The Kier molecular flexibility index (Phi) is 6.62. The second kappa shape index (κ2) is 6.90. The summed E-state index contributed by atoms with van der Waals surface area (Å²) in [5, 5.41) is 0. The van der Waals surface area contributed by atoms with Crippen molar-refractivity contribution in [2.75, 3.05) is 6.54 Å². The number of halogens is 2. The Labute approximate surface area is 107 Å². The van der Waals surface area contributed by atoms with Crippen LogP contribution in [-0.4, -0.2) is 21.0 Å². The Hall–Kier alpha value is -0.690. The molecule has 1 unspecified atom stereocenters. The molecule has 0 heterocycles. The van der Waals surface area contributed by atoms with E-state index in [9.17, 15) is 12.8 Å². The second-order valence-corrected chi connectivity index (χ2v) is 5.38. The van der Waals surface area contributed by atoms with Crippen molar-refractivity contribution in [1.82, 2.24) is 4.72 Å². The van der Waals surface area contributed by atoms with Gasteiger partial charge in [0.05, 0.1) is 4.90 Å². The van der Waals surface area contributed by atoms with Crippen LogP contribution in [0.15, 0.2) is 29.2 Å². The molecule has 0 amide bonds. The van der Waals surface area contributed by atoms with Gasteiger partial charge in [-0.15, -0.1) is 12.4 Å². The Balaban J connectivity index is 0.00000256. The molecule has 0 spiro atoms. The zero-order valence-electron chi connectivity index (χ0n) is 9.39.